The third-order valence-electron chi connectivity index (χ3n) is 7.25. The van der Waals surface area contributed by atoms with Gasteiger partial charge in [-0.25, -0.2) is 14.4 Å². The van der Waals surface area contributed by atoms with E-state index in [-0.39, 0.29) is 11.7 Å². The molecule has 210 valence electrons. The first-order valence-corrected chi connectivity index (χ1v) is 13.5. The molecular formula is C29H31ClFN5O4. The van der Waals surface area contributed by atoms with E-state index in [1.807, 2.05) is 23.8 Å². The number of amides is 1. The molecule has 0 saturated heterocycles. The summed E-state index contributed by atoms with van der Waals surface area (Å²) >= 11 is 5.86. The second kappa shape index (κ2) is 12.3. The normalized spacial score (nSPS) is 20.6. The summed E-state index contributed by atoms with van der Waals surface area (Å²) in [5.74, 6) is -0.870. The highest BCUT2D eigenvalue weighted by Crippen LogP contribution is 2.37. The minimum absolute atomic E-state index is 0.128. The molecular weight excluding hydrogens is 537 g/mol. The lowest BCUT2D eigenvalue weighted by atomic mass is 10.0. The van der Waals surface area contributed by atoms with Crippen molar-refractivity contribution in [2.45, 2.75) is 44.6 Å². The minimum atomic E-state index is -1.18. The van der Waals surface area contributed by atoms with Crippen LogP contribution in [0.15, 0.2) is 61.1 Å². The number of nitrogens with one attached hydrogen (secondary N) is 2. The summed E-state index contributed by atoms with van der Waals surface area (Å²) in [5, 5.41) is 28.9. The molecule has 1 fully saturated rings. The topological polar surface area (TPSA) is 122 Å². The molecule has 0 radical (unpaired) electrons. The zero-order valence-corrected chi connectivity index (χ0v) is 22.7. The van der Waals surface area contributed by atoms with E-state index in [2.05, 4.69) is 20.6 Å². The van der Waals surface area contributed by atoms with Crippen LogP contribution in [0.3, 0.4) is 0 Å². The molecule has 2 heterocycles. The van der Waals surface area contributed by atoms with E-state index in [0.717, 1.165) is 16.6 Å². The van der Waals surface area contributed by atoms with Gasteiger partial charge >= 0.3 is 0 Å². The Hall–Kier alpha value is -3.57. The van der Waals surface area contributed by atoms with Crippen molar-refractivity contribution in [3.05, 3.63) is 83.2 Å². The number of hydrogen-bond donors (Lipinski definition) is 4. The van der Waals surface area contributed by atoms with Gasteiger partial charge in [0.15, 0.2) is 11.6 Å². The lowest BCUT2D eigenvalue weighted by molar-refractivity contribution is -0.128. The molecule has 2 aromatic heterocycles. The summed E-state index contributed by atoms with van der Waals surface area (Å²) < 4.78 is 21.9. The predicted octanol–water partition coefficient (Wildman–Crippen LogP) is 3.90. The van der Waals surface area contributed by atoms with Gasteiger partial charge in [0.2, 0.25) is 5.91 Å². The number of fused-ring (bicyclic) bond motifs is 1. The average Bonchev–Trinajstić information content (AvgIpc) is 3.50. The van der Waals surface area contributed by atoms with E-state index in [1.54, 1.807) is 36.4 Å². The van der Waals surface area contributed by atoms with E-state index in [0.29, 0.717) is 48.9 Å². The number of aliphatic hydroxyl groups excluding tert-OH is 2. The monoisotopic (exact) mass is 567 g/mol. The number of ether oxygens (including phenoxy) is 1. The molecule has 5 rings (SSSR count). The molecule has 0 unspecified atom stereocenters. The number of aryl methyl sites for hydroxylation is 1. The number of aromatic nitrogens is 3. The Balaban J connectivity index is 1.05. The summed E-state index contributed by atoms with van der Waals surface area (Å²) in [4.78, 5) is 21.3. The summed E-state index contributed by atoms with van der Waals surface area (Å²) in [6.45, 7) is 3.33. The van der Waals surface area contributed by atoms with Crippen LogP contribution in [-0.4, -0.2) is 56.0 Å². The fourth-order valence-corrected chi connectivity index (χ4v) is 5.19. The summed E-state index contributed by atoms with van der Waals surface area (Å²) in [6, 6.07) is 12.9. The van der Waals surface area contributed by atoms with Crippen LogP contribution in [0.25, 0.3) is 11.0 Å². The highest BCUT2D eigenvalue weighted by Gasteiger charge is 2.46. The molecule has 0 bridgehead atoms. The maximum Gasteiger partial charge on any atom is 0.225 e. The smallest absolute Gasteiger partial charge is 0.225 e. The molecule has 4 atom stereocenters. The van der Waals surface area contributed by atoms with Crippen LogP contribution in [0.2, 0.25) is 5.02 Å². The second-order valence-corrected chi connectivity index (χ2v) is 10.4. The quantitative estimate of drug-likeness (QED) is 0.214. The number of halogens is 2. The standard InChI is InChI=1S/C29H31ClFN5O4/c1-17-21-9-12-36(28(21)35-16-34-17)24-14-22(26(37)27(24)38)29(39)33-11-2-10-32-15-18-3-8-25(23(31)13-18)40-20-6-4-19(30)5-7-20/h3-9,12-13,16,22,24,26-27,32,37-38H,2,10-11,14-15H2,1H3,(H,33,39)/t22-,24+,26+,27-/m0/s1. The number of rotatable bonds is 10. The SMILES string of the molecule is Cc1ncnc2c1ccn2[C@@H]1C[C@H](C(=O)NCCCNCc2ccc(Oc3ccc(Cl)cc3)c(F)c2)[C@@H](O)[C@H]1O. The Kier molecular flexibility index (Phi) is 8.60. The summed E-state index contributed by atoms with van der Waals surface area (Å²) in [5.41, 5.74) is 2.25. The van der Waals surface area contributed by atoms with Crippen molar-refractivity contribution in [2.75, 3.05) is 13.1 Å². The van der Waals surface area contributed by atoms with E-state index in [9.17, 15) is 19.4 Å². The zero-order chi connectivity index (χ0) is 28.2. The number of aliphatic hydroxyl groups is 2. The largest absolute Gasteiger partial charge is 0.454 e. The van der Waals surface area contributed by atoms with Gasteiger partial charge in [0.25, 0.3) is 0 Å². The molecule has 9 nitrogen and oxygen atoms in total. The maximum atomic E-state index is 14.5. The Labute approximate surface area is 236 Å². The summed E-state index contributed by atoms with van der Waals surface area (Å²) in [7, 11) is 0. The minimum Gasteiger partial charge on any atom is -0.454 e. The molecule has 1 amide bonds. The molecule has 1 aliphatic rings. The molecule has 4 aromatic rings. The lowest BCUT2D eigenvalue weighted by Gasteiger charge is -2.18. The first-order valence-electron chi connectivity index (χ1n) is 13.2. The Morgan fingerprint density at radius 2 is 1.93 bits per heavy atom. The zero-order valence-electron chi connectivity index (χ0n) is 21.9. The van der Waals surface area contributed by atoms with Crippen LogP contribution in [0.1, 0.15) is 30.1 Å². The molecule has 4 N–H and O–H groups in total. The fraction of sp³-hybridized carbons (Fsp3) is 0.345. The van der Waals surface area contributed by atoms with E-state index in [1.165, 1.54) is 12.4 Å². The first kappa shape index (κ1) is 28.0. The number of benzene rings is 2. The van der Waals surface area contributed by atoms with Crippen LogP contribution >= 0.6 is 11.6 Å². The van der Waals surface area contributed by atoms with Gasteiger partial charge in [-0.3, -0.25) is 4.79 Å². The van der Waals surface area contributed by atoms with Gasteiger partial charge in [-0.1, -0.05) is 17.7 Å². The first-order chi connectivity index (χ1) is 19.3. The molecule has 0 aliphatic heterocycles. The van der Waals surface area contributed by atoms with Crippen molar-refractivity contribution in [2.24, 2.45) is 5.92 Å². The van der Waals surface area contributed by atoms with Crippen LogP contribution < -0.4 is 15.4 Å². The third kappa shape index (κ3) is 6.10. The van der Waals surface area contributed by atoms with Gasteiger partial charge in [-0.15, -0.1) is 0 Å². The van der Waals surface area contributed by atoms with Crippen molar-refractivity contribution in [1.82, 2.24) is 25.2 Å². The van der Waals surface area contributed by atoms with Gasteiger partial charge in [0, 0.05) is 29.7 Å². The molecule has 2 aromatic carbocycles. The molecule has 40 heavy (non-hydrogen) atoms. The van der Waals surface area contributed by atoms with Crippen molar-refractivity contribution < 1.29 is 24.1 Å². The van der Waals surface area contributed by atoms with Gasteiger partial charge in [-0.2, -0.15) is 0 Å². The van der Waals surface area contributed by atoms with Crippen molar-refractivity contribution in [1.29, 1.82) is 0 Å². The Morgan fingerprint density at radius 1 is 1.12 bits per heavy atom. The van der Waals surface area contributed by atoms with Gasteiger partial charge in [0.05, 0.1) is 23.8 Å². The number of carbonyl (C=O) groups is 1. The maximum absolute atomic E-state index is 14.5. The molecule has 11 heteroatoms. The van der Waals surface area contributed by atoms with E-state index in [4.69, 9.17) is 16.3 Å². The van der Waals surface area contributed by atoms with Crippen LogP contribution in [-0.2, 0) is 11.3 Å². The number of nitrogens with zero attached hydrogens (tertiary/aromatic N) is 3. The van der Waals surface area contributed by atoms with Crippen LogP contribution in [0.5, 0.6) is 11.5 Å². The highest BCUT2D eigenvalue weighted by molar-refractivity contribution is 6.30. The molecule has 1 aliphatic carbocycles. The number of carbonyl (C=O) groups excluding carboxylic acids is 1. The van der Waals surface area contributed by atoms with Crippen LogP contribution in [0.4, 0.5) is 4.39 Å². The van der Waals surface area contributed by atoms with Gasteiger partial charge < -0.3 is 30.2 Å². The highest BCUT2D eigenvalue weighted by atomic mass is 35.5. The third-order valence-corrected chi connectivity index (χ3v) is 7.50. The second-order valence-electron chi connectivity index (χ2n) is 9.95. The summed E-state index contributed by atoms with van der Waals surface area (Å²) in [6.07, 6.45) is 1.94. The van der Waals surface area contributed by atoms with Crippen molar-refractivity contribution >= 4 is 28.5 Å². The lowest BCUT2D eigenvalue weighted by Crippen LogP contribution is -2.39. The van der Waals surface area contributed by atoms with Gasteiger partial charge in [0.1, 0.15) is 23.8 Å². The molecule has 0 spiro atoms. The van der Waals surface area contributed by atoms with Crippen molar-refractivity contribution in [3.63, 3.8) is 0 Å². The van der Waals surface area contributed by atoms with Crippen molar-refractivity contribution in [3.8, 4) is 11.5 Å². The number of hydrogen-bond acceptors (Lipinski definition) is 7. The van der Waals surface area contributed by atoms with Gasteiger partial charge in [-0.05, 0) is 74.3 Å². The Bertz CT molecular complexity index is 1480. The predicted molar refractivity (Wildman–Crippen MR) is 149 cm³/mol. The van der Waals surface area contributed by atoms with E-state index < -0.39 is 30.0 Å². The van der Waals surface area contributed by atoms with E-state index >= 15 is 0 Å². The fourth-order valence-electron chi connectivity index (χ4n) is 5.07. The average molecular weight is 568 g/mol. The van der Waals surface area contributed by atoms with Crippen LogP contribution in [0, 0.1) is 18.7 Å². The molecule has 1 saturated carbocycles. The Morgan fingerprint density at radius 3 is 2.70 bits per heavy atom.